The molecule has 0 saturated carbocycles. The Labute approximate surface area is 142 Å². The summed E-state index contributed by atoms with van der Waals surface area (Å²) in [5.74, 6) is -0.259. The van der Waals surface area contributed by atoms with Crippen LogP contribution in [0, 0.1) is 0 Å². The molecule has 3 aromatic rings. The van der Waals surface area contributed by atoms with Crippen molar-refractivity contribution in [2.45, 2.75) is 19.5 Å². The van der Waals surface area contributed by atoms with Gasteiger partial charge in [0.25, 0.3) is 5.56 Å². The summed E-state index contributed by atoms with van der Waals surface area (Å²) in [5.41, 5.74) is 1.32. The van der Waals surface area contributed by atoms with Gasteiger partial charge in [-0.05, 0) is 42.1 Å². The van der Waals surface area contributed by atoms with E-state index in [0.29, 0.717) is 12.2 Å². The van der Waals surface area contributed by atoms with Crippen LogP contribution in [-0.2, 0) is 11.3 Å². The number of hydrogen-bond acceptors (Lipinski definition) is 5. The molecule has 3 aromatic heterocycles. The molecule has 1 atom stereocenters. The van der Waals surface area contributed by atoms with Gasteiger partial charge in [0.15, 0.2) is 0 Å². The second-order valence-corrected chi connectivity index (χ2v) is 6.18. The maximum atomic E-state index is 12.3. The first-order valence-electron chi connectivity index (χ1n) is 7.45. The summed E-state index contributed by atoms with van der Waals surface area (Å²) < 4.78 is 1.22. The van der Waals surface area contributed by atoms with E-state index in [1.165, 1.54) is 22.1 Å². The van der Waals surface area contributed by atoms with E-state index in [2.05, 4.69) is 15.4 Å². The summed E-state index contributed by atoms with van der Waals surface area (Å²) in [6, 6.07) is 9.91. The average Bonchev–Trinajstić information content (AvgIpc) is 3.15. The average molecular weight is 340 g/mol. The standard InChI is InChI=1S/C17H16N4O2S/c1-12(17(23)19-11-13-6-8-18-9-7-13)21-16(22)5-4-14(20-21)15-3-2-10-24-15/h2-10,12H,11H2,1H3,(H,19,23). The summed E-state index contributed by atoms with van der Waals surface area (Å²) in [4.78, 5) is 29.3. The van der Waals surface area contributed by atoms with Gasteiger partial charge in [0, 0.05) is 25.0 Å². The first-order chi connectivity index (χ1) is 11.6. The largest absolute Gasteiger partial charge is 0.350 e. The van der Waals surface area contributed by atoms with Gasteiger partial charge >= 0.3 is 0 Å². The molecule has 1 unspecified atom stereocenters. The molecule has 0 fully saturated rings. The Morgan fingerprint density at radius 3 is 2.75 bits per heavy atom. The topological polar surface area (TPSA) is 76.9 Å². The number of carbonyl (C=O) groups is 1. The molecule has 24 heavy (non-hydrogen) atoms. The zero-order valence-electron chi connectivity index (χ0n) is 13.0. The first kappa shape index (κ1) is 16.1. The molecule has 0 radical (unpaired) electrons. The van der Waals surface area contributed by atoms with Crippen molar-refractivity contribution < 1.29 is 4.79 Å². The third-order valence-corrected chi connectivity index (χ3v) is 4.45. The summed E-state index contributed by atoms with van der Waals surface area (Å²) >= 11 is 1.53. The van der Waals surface area contributed by atoms with Crippen LogP contribution in [0.1, 0.15) is 18.5 Å². The quantitative estimate of drug-likeness (QED) is 0.773. The van der Waals surface area contributed by atoms with Crippen molar-refractivity contribution in [3.8, 4) is 10.6 Å². The molecular formula is C17H16N4O2S. The van der Waals surface area contributed by atoms with Gasteiger partial charge in [0.05, 0.1) is 4.88 Å². The van der Waals surface area contributed by atoms with E-state index >= 15 is 0 Å². The smallest absolute Gasteiger partial charge is 0.267 e. The van der Waals surface area contributed by atoms with Gasteiger partial charge in [0.1, 0.15) is 11.7 Å². The van der Waals surface area contributed by atoms with Crippen molar-refractivity contribution in [3.63, 3.8) is 0 Å². The summed E-state index contributed by atoms with van der Waals surface area (Å²) in [6.07, 6.45) is 3.34. The van der Waals surface area contributed by atoms with Crippen molar-refractivity contribution >= 4 is 17.2 Å². The molecule has 0 spiro atoms. The van der Waals surface area contributed by atoms with Crippen LogP contribution >= 0.6 is 11.3 Å². The van der Waals surface area contributed by atoms with Crippen molar-refractivity contribution in [3.05, 3.63) is 70.1 Å². The highest BCUT2D eigenvalue weighted by atomic mass is 32.1. The van der Waals surface area contributed by atoms with E-state index in [9.17, 15) is 9.59 Å². The van der Waals surface area contributed by atoms with E-state index in [-0.39, 0.29) is 11.5 Å². The van der Waals surface area contributed by atoms with Gasteiger partial charge < -0.3 is 5.32 Å². The number of rotatable bonds is 5. The second kappa shape index (κ2) is 7.18. The minimum absolute atomic E-state index is 0.259. The zero-order valence-corrected chi connectivity index (χ0v) is 13.9. The van der Waals surface area contributed by atoms with Gasteiger partial charge in [-0.1, -0.05) is 6.07 Å². The van der Waals surface area contributed by atoms with Crippen molar-refractivity contribution in [2.24, 2.45) is 0 Å². The van der Waals surface area contributed by atoms with Crippen molar-refractivity contribution in [1.82, 2.24) is 20.1 Å². The van der Waals surface area contributed by atoms with Gasteiger partial charge in [-0.3, -0.25) is 14.6 Å². The van der Waals surface area contributed by atoms with Gasteiger partial charge in [-0.25, -0.2) is 4.68 Å². The highest BCUT2D eigenvalue weighted by Crippen LogP contribution is 2.21. The van der Waals surface area contributed by atoms with Gasteiger partial charge in [0.2, 0.25) is 5.91 Å². The number of carbonyl (C=O) groups excluding carboxylic acids is 1. The Bertz CT molecular complexity index is 875. The van der Waals surface area contributed by atoms with Crippen LogP contribution in [-0.4, -0.2) is 20.7 Å². The fraction of sp³-hybridized carbons (Fsp3) is 0.176. The third-order valence-electron chi connectivity index (χ3n) is 3.56. The minimum Gasteiger partial charge on any atom is -0.350 e. The van der Waals surface area contributed by atoms with E-state index in [4.69, 9.17) is 0 Å². The van der Waals surface area contributed by atoms with Crippen LogP contribution in [0.25, 0.3) is 10.6 Å². The molecule has 7 heteroatoms. The molecule has 0 aliphatic carbocycles. The van der Waals surface area contributed by atoms with E-state index in [1.807, 2.05) is 29.6 Å². The molecule has 0 aliphatic rings. The highest BCUT2D eigenvalue weighted by Gasteiger charge is 2.18. The molecule has 0 bridgehead atoms. The highest BCUT2D eigenvalue weighted by molar-refractivity contribution is 7.13. The number of hydrogen-bond donors (Lipinski definition) is 1. The lowest BCUT2D eigenvalue weighted by Gasteiger charge is -2.14. The summed E-state index contributed by atoms with van der Waals surface area (Å²) in [5, 5.41) is 9.09. The Kier molecular flexibility index (Phi) is 4.81. The Balaban J connectivity index is 1.76. The molecular weight excluding hydrogens is 324 g/mol. The van der Waals surface area contributed by atoms with E-state index in [0.717, 1.165) is 10.4 Å². The van der Waals surface area contributed by atoms with Crippen LogP contribution < -0.4 is 10.9 Å². The lowest BCUT2D eigenvalue weighted by atomic mass is 10.2. The van der Waals surface area contributed by atoms with Crippen LogP contribution in [0.15, 0.2) is 59.0 Å². The van der Waals surface area contributed by atoms with E-state index < -0.39 is 6.04 Å². The minimum atomic E-state index is -0.695. The van der Waals surface area contributed by atoms with Gasteiger partial charge in [-0.15, -0.1) is 11.3 Å². The molecule has 1 N–H and O–H groups in total. The SMILES string of the molecule is CC(C(=O)NCc1ccncc1)n1nc(-c2cccs2)ccc1=O. The normalized spacial score (nSPS) is 11.9. The van der Waals surface area contributed by atoms with Crippen LogP contribution in [0.2, 0.25) is 0 Å². The fourth-order valence-electron chi connectivity index (χ4n) is 2.21. The predicted molar refractivity (Wildman–Crippen MR) is 92.6 cm³/mol. The number of amides is 1. The lowest BCUT2D eigenvalue weighted by Crippen LogP contribution is -2.36. The van der Waals surface area contributed by atoms with Gasteiger partial charge in [-0.2, -0.15) is 5.10 Å². The summed E-state index contributed by atoms with van der Waals surface area (Å²) in [6.45, 7) is 2.04. The monoisotopic (exact) mass is 340 g/mol. The number of pyridine rings is 1. The molecule has 6 nitrogen and oxygen atoms in total. The Hall–Kier alpha value is -2.80. The molecule has 122 valence electrons. The second-order valence-electron chi connectivity index (χ2n) is 5.23. The maximum Gasteiger partial charge on any atom is 0.267 e. The first-order valence-corrected chi connectivity index (χ1v) is 8.33. The van der Waals surface area contributed by atoms with Crippen molar-refractivity contribution in [2.75, 3.05) is 0 Å². The molecule has 0 aliphatic heterocycles. The van der Waals surface area contributed by atoms with Crippen LogP contribution in [0.5, 0.6) is 0 Å². The lowest BCUT2D eigenvalue weighted by molar-refractivity contribution is -0.124. The molecule has 0 aromatic carbocycles. The predicted octanol–water partition coefficient (Wildman–Crippen LogP) is 2.24. The molecule has 0 saturated heterocycles. The number of nitrogens with one attached hydrogen (secondary N) is 1. The fourth-order valence-corrected chi connectivity index (χ4v) is 2.90. The van der Waals surface area contributed by atoms with E-state index in [1.54, 1.807) is 25.4 Å². The summed E-state index contributed by atoms with van der Waals surface area (Å²) in [7, 11) is 0. The Morgan fingerprint density at radius 1 is 1.25 bits per heavy atom. The molecule has 1 amide bonds. The number of nitrogens with zero attached hydrogens (tertiary/aromatic N) is 3. The van der Waals surface area contributed by atoms with Crippen molar-refractivity contribution in [1.29, 1.82) is 0 Å². The third kappa shape index (κ3) is 3.57. The Morgan fingerprint density at radius 2 is 2.04 bits per heavy atom. The number of aromatic nitrogens is 3. The molecule has 3 heterocycles. The van der Waals surface area contributed by atoms with Crippen LogP contribution in [0.4, 0.5) is 0 Å². The number of thiophene rings is 1. The molecule has 3 rings (SSSR count). The van der Waals surface area contributed by atoms with Crippen LogP contribution in [0.3, 0.4) is 0 Å². The zero-order chi connectivity index (χ0) is 16.9. The maximum absolute atomic E-state index is 12.3.